The van der Waals surface area contributed by atoms with Crippen molar-refractivity contribution >= 4 is 0 Å². The molecule has 0 spiro atoms. The van der Waals surface area contributed by atoms with Gasteiger partial charge < -0.3 is 49.6 Å². The Kier molecular flexibility index (Phi) is 8.12. The Balaban J connectivity index is 1.61. The van der Waals surface area contributed by atoms with E-state index in [-0.39, 0.29) is 12.5 Å². The molecule has 0 amide bonds. The molecule has 3 rings (SSSR count). The molecule has 0 unspecified atom stereocenters. The minimum absolute atomic E-state index is 0.199. The molecule has 0 aromatic rings. The first-order valence-electron chi connectivity index (χ1n) is 10.8. The zero-order chi connectivity index (χ0) is 22.9. The van der Waals surface area contributed by atoms with Crippen molar-refractivity contribution in [2.45, 2.75) is 101 Å². The van der Waals surface area contributed by atoms with E-state index in [0.717, 1.165) is 19.3 Å². The Morgan fingerprint density at radius 2 is 1.55 bits per heavy atom. The number of rotatable bonds is 7. The van der Waals surface area contributed by atoms with Gasteiger partial charge in [0, 0.05) is 0 Å². The molecule has 2 saturated heterocycles. The van der Waals surface area contributed by atoms with Crippen LogP contribution in [0.1, 0.15) is 40.0 Å². The first-order chi connectivity index (χ1) is 14.5. The van der Waals surface area contributed by atoms with Crippen molar-refractivity contribution in [3.8, 4) is 0 Å². The van der Waals surface area contributed by atoms with Crippen molar-refractivity contribution in [1.29, 1.82) is 0 Å². The number of ether oxygens (including phenoxy) is 4. The van der Waals surface area contributed by atoms with Crippen LogP contribution in [-0.4, -0.2) is 105 Å². The van der Waals surface area contributed by atoms with E-state index in [4.69, 9.17) is 24.1 Å². The molecule has 0 saturated carbocycles. The van der Waals surface area contributed by atoms with E-state index >= 15 is 0 Å². The average Bonchev–Trinajstić information content (AvgIpc) is 3.01. The zero-order valence-electron chi connectivity index (χ0n) is 18.2. The lowest BCUT2D eigenvalue weighted by atomic mass is 9.79. The van der Waals surface area contributed by atoms with E-state index in [9.17, 15) is 25.5 Å². The third kappa shape index (κ3) is 5.47. The number of allylic oxidation sites excluding steroid dienone is 2. The van der Waals surface area contributed by atoms with Gasteiger partial charge in [0.05, 0.1) is 18.8 Å². The van der Waals surface area contributed by atoms with Crippen LogP contribution in [0.25, 0.3) is 0 Å². The normalized spacial score (nSPS) is 44.4. The Hall–Kier alpha value is -0.660. The molecule has 0 aromatic heterocycles. The van der Waals surface area contributed by atoms with Crippen LogP contribution in [0, 0.1) is 5.92 Å². The molecule has 6 N–H and O–H groups in total. The summed E-state index contributed by atoms with van der Waals surface area (Å²) in [5.41, 5.74) is 0.682. The van der Waals surface area contributed by atoms with Crippen molar-refractivity contribution in [1.82, 2.24) is 0 Å². The van der Waals surface area contributed by atoms with Crippen LogP contribution in [0.2, 0.25) is 0 Å². The maximum absolute atomic E-state index is 10.4. The van der Waals surface area contributed by atoms with E-state index in [0.29, 0.717) is 0 Å². The number of hydrogen-bond acceptors (Lipinski definition) is 10. The van der Waals surface area contributed by atoms with Crippen molar-refractivity contribution in [2.75, 3.05) is 13.2 Å². The van der Waals surface area contributed by atoms with E-state index in [1.165, 1.54) is 5.57 Å². The van der Waals surface area contributed by atoms with Gasteiger partial charge in [-0.2, -0.15) is 0 Å². The Morgan fingerprint density at radius 3 is 2.13 bits per heavy atom. The van der Waals surface area contributed by atoms with Crippen LogP contribution < -0.4 is 0 Å². The molecule has 0 radical (unpaired) electrons. The van der Waals surface area contributed by atoms with Crippen LogP contribution in [-0.2, 0) is 18.9 Å². The second-order valence-corrected chi connectivity index (χ2v) is 9.30. The Labute approximate surface area is 182 Å². The standard InChI is InChI=1S/C21H36O10/c1-10-4-6-11(7-5-10)21(2,3)31-20-18(27)16(25)15(24)13(30-20)9-28-19-17(26)14(23)12(8-22)29-19/h4,11-20,22-27H,5-9H2,1-3H3/t11-,12+,13+,14+,15+,16-,17+,18+,19-,20-/m1/s1. The summed E-state index contributed by atoms with van der Waals surface area (Å²) in [6, 6.07) is 0. The van der Waals surface area contributed by atoms with Crippen LogP contribution in [0.4, 0.5) is 0 Å². The fourth-order valence-corrected chi connectivity index (χ4v) is 4.34. The smallest absolute Gasteiger partial charge is 0.187 e. The minimum Gasteiger partial charge on any atom is -0.394 e. The molecule has 10 nitrogen and oxygen atoms in total. The first kappa shape index (κ1) is 25.0. The highest BCUT2D eigenvalue weighted by atomic mass is 16.7. The molecular weight excluding hydrogens is 412 g/mol. The lowest BCUT2D eigenvalue weighted by Gasteiger charge is -2.45. The molecule has 2 fully saturated rings. The van der Waals surface area contributed by atoms with Gasteiger partial charge in [0.1, 0.15) is 42.7 Å². The van der Waals surface area contributed by atoms with Crippen LogP contribution in [0.5, 0.6) is 0 Å². The molecule has 180 valence electrons. The van der Waals surface area contributed by atoms with Crippen molar-refractivity contribution in [3.05, 3.63) is 11.6 Å². The molecular formula is C21H36O10. The van der Waals surface area contributed by atoms with Gasteiger partial charge in [-0.25, -0.2) is 0 Å². The molecule has 3 aliphatic rings. The van der Waals surface area contributed by atoms with Gasteiger partial charge in [0.2, 0.25) is 0 Å². The molecule has 0 bridgehead atoms. The molecule has 1 aliphatic carbocycles. The predicted octanol–water partition coefficient (Wildman–Crippen LogP) is -1.21. The first-order valence-corrected chi connectivity index (χ1v) is 10.8. The molecule has 2 heterocycles. The molecule has 10 heteroatoms. The van der Waals surface area contributed by atoms with Gasteiger partial charge in [0.15, 0.2) is 12.6 Å². The number of aliphatic hydroxyl groups is 6. The fraction of sp³-hybridized carbons (Fsp3) is 0.905. The lowest BCUT2D eigenvalue weighted by Crippen LogP contribution is -2.61. The van der Waals surface area contributed by atoms with Crippen molar-refractivity contribution < 1.29 is 49.6 Å². The third-order valence-electron chi connectivity index (χ3n) is 6.63. The van der Waals surface area contributed by atoms with Crippen molar-refractivity contribution in [2.24, 2.45) is 5.92 Å². The zero-order valence-corrected chi connectivity index (χ0v) is 18.2. The second-order valence-electron chi connectivity index (χ2n) is 9.30. The van der Waals surface area contributed by atoms with Gasteiger partial charge in [-0.3, -0.25) is 0 Å². The number of aliphatic hydroxyl groups excluding tert-OH is 6. The van der Waals surface area contributed by atoms with E-state index in [2.05, 4.69) is 13.0 Å². The summed E-state index contributed by atoms with van der Waals surface area (Å²) in [4.78, 5) is 0. The average molecular weight is 449 g/mol. The maximum Gasteiger partial charge on any atom is 0.187 e. The summed E-state index contributed by atoms with van der Waals surface area (Å²) < 4.78 is 22.5. The summed E-state index contributed by atoms with van der Waals surface area (Å²) in [6.07, 6.45) is -6.74. The van der Waals surface area contributed by atoms with Crippen LogP contribution in [0.15, 0.2) is 11.6 Å². The quantitative estimate of drug-likeness (QED) is 0.261. The van der Waals surface area contributed by atoms with Gasteiger partial charge in [-0.15, -0.1) is 0 Å². The summed E-state index contributed by atoms with van der Waals surface area (Å²) in [5, 5.41) is 60.0. The summed E-state index contributed by atoms with van der Waals surface area (Å²) in [5.74, 6) is 0.199. The number of hydrogen-bond donors (Lipinski definition) is 6. The largest absolute Gasteiger partial charge is 0.394 e. The maximum atomic E-state index is 10.4. The summed E-state index contributed by atoms with van der Waals surface area (Å²) in [7, 11) is 0. The van der Waals surface area contributed by atoms with Gasteiger partial charge in [-0.1, -0.05) is 11.6 Å². The minimum atomic E-state index is -1.53. The highest BCUT2D eigenvalue weighted by Gasteiger charge is 2.49. The molecule has 2 aliphatic heterocycles. The Morgan fingerprint density at radius 1 is 0.935 bits per heavy atom. The third-order valence-corrected chi connectivity index (χ3v) is 6.63. The molecule has 10 atom stereocenters. The van der Waals surface area contributed by atoms with E-state index in [1.54, 1.807) is 0 Å². The predicted molar refractivity (Wildman–Crippen MR) is 107 cm³/mol. The SMILES string of the molecule is CC1=CC[C@@H](C(C)(C)O[C@H]2O[C@@H](CO[C@@H]3O[C@@H](CO)[C@H](O)[C@@H]3O)[C@H](O)[C@@H](O)[C@@H]2O)CC1. The monoisotopic (exact) mass is 448 g/mol. The highest BCUT2D eigenvalue weighted by Crippen LogP contribution is 2.37. The van der Waals surface area contributed by atoms with Gasteiger partial charge in [-0.05, 0) is 46.0 Å². The van der Waals surface area contributed by atoms with E-state index in [1.807, 2.05) is 13.8 Å². The summed E-state index contributed by atoms with van der Waals surface area (Å²) in [6.45, 7) is 5.11. The second kappa shape index (κ2) is 10.1. The molecule has 31 heavy (non-hydrogen) atoms. The Bertz CT molecular complexity index is 625. The topological polar surface area (TPSA) is 158 Å². The highest BCUT2D eigenvalue weighted by molar-refractivity contribution is 5.05. The van der Waals surface area contributed by atoms with Gasteiger partial charge in [0.25, 0.3) is 0 Å². The summed E-state index contributed by atoms with van der Waals surface area (Å²) >= 11 is 0. The van der Waals surface area contributed by atoms with Gasteiger partial charge >= 0.3 is 0 Å². The molecule has 0 aromatic carbocycles. The van der Waals surface area contributed by atoms with Crippen LogP contribution >= 0.6 is 0 Å². The lowest BCUT2D eigenvalue weighted by molar-refractivity contribution is -0.334. The fourth-order valence-electron chi connectivity index (χ4n) is 4.34. The van der Waals surface area contributed by atoms with Crippen LogP contribution in [0.3, 0.4) is 0 Å². The van der Waals surface area contributed by atoms with E-state index < -0.39 is 67.5 Å². The van der Waals surface area contributed by atoms with Crippen molar-refractivity contribution in [3.63, 3.8) is 0 Å².